The van der Waals surface area contributed by atoms with Crippen molar-refractivity contribution in [1.82, 2.24) is 20.0 Å². The lowest BCUT2D eigenvalue weighted by Crippen LogP contribution is -2.53. The molecule has 3 fully saturated rings. The van der Waals surface area contributed by atoms with E-state index in [1.165, 1.54) is 32.1 Å². The van der Waals surface area contributed by atoms with E-state index >= 15 is 0 Å². The first kappa shape index (κ1) is 22.1. The number of likely N-dealkylation sites (tertiary alicyclic amines) is 1. The van der Waals surface area contributed by atoms with E-state index in [1.54, 1.807) is 6.92 Å². The van der Waals surface area contributed by atoms with Gasteiger partial charge in [-0.15, -0.1) is 0 Å². The second-order valence-electron chi connectivity index (χ2n) is 9.05. The van der Waals surface area contributed by atoms with Crippen LogP contribution >= 0.6 is 0 Å². The number of hydrogen-bond donors (Lipinski definition) is 1. The molecule has 0 unspecified atom stereocenters. The Morgan fingerprint density at radius 3 is 2.10 bits per heavy atom. The Hall–Kier alpha value is -1.63. The first-order valence-electron chi connectivity index (χ1n) is 11.6. The van der Waals surface area contributed by atoms with Crippen molar-refractivity contribution in [2.45, 2.75) is 70.8 Å². The normalized spacial score (nSPS) is 22.5. The zero-order valence-electron chi connectivity index (χ0n) is 18.0. The van der Waals surface area contributed by atoms with E-state index in [4.69, 9.17) is 0 Å². The minimum absolute atomic E-state index is 0.0587. The predicted molar refractivity (Wildman–Crippen MR) is 112 cm³/mol. The third kappa shape index (κ3) is 6.98. The lowest BCUT2D eigenvalue weighted by atomic mass is 9.86. The molecule has 0 aromatic rings. The maximum atomic E-state index is 12.5. The van der Waals surface area contributed by atoms with Crippen LogP contribution in [0, 0.1) is 5.92 Å². The van der Waals surface area contributed by atoms with Crippen LogP contribution in [0.15, 0.2) is 0 Å². The van der Waals surface area contributed by atoms with Gasteiger partial charge in [0.05, 0.1) is 6.54 Å². The van der Waals surface area contributed by atoms with Gasteiger partial charge >= 0.3 is 0 Å². The van der Waals surface area contributed by atoms with Crippen LogP contribution < -0.4 is 5.32 Å². The minimum Gasteiger partial charge on any atom is -0.352 e. The Labute approximate surface area is 175 Å². The maximum Gasteiger partial charge on any atom is 0.234 e. The van der Waals surface area contributed by atoms with Gasteiger partial charge in [-0.3, -0.25) is 19.3 Å². The van der Waals surface area contributed by atoms with Crippen molar-refractivity contribution in [3.63, 3.8) is 0 Å². The summed E-state index contributed by atoms with van der Waals surface area (Å²) in [6, 6.07) is 0.167. The van der Waals surface area contributed by atoms with Crippen molar-refractivity contribution in [3.8, 4) is 0 Å². The SMILES string of the molecule is CC(=O)N1CCC(NC(=O)CN2CCN(C(=O)CCC3CCCCC3)CC2)CC1. The number of carbonyl (C=O) groups is 3. The van der Waals surface area contributed by atoms with E-state index in [0.717, 1.165) is 64.4 Å². The Balaban J connectivity index is 1.29. The Morgan fingerprint density at radius 1 is 0.828 bits per heavy atom. The van der Waals surface area contributed by atoms with Gasteiger partial charge in [0.25, 0.3) is 0 Å². The molecule has 1 saturated carbocycles. The van der Waals surface area contributed by atoms with Gasteiger partial charge in [-0.2, -0.15) is 0 Å². The molecule has 0 atom stereocenters. The first-order chi connectivity index (χ1) is 14.0. The fourth-order valence-electron chi connectivity index (χ4n) is 4.93. The number of amides is 3. The van der Waals surface area contributed by atoms with Crippen molar-refractivity contribution in [2.75, 3.05) is 45.8 Å². The average Bonchev–Trinajstić information content (AvgIpc) is 2.73. The van der Waals surface area contributed by atoms with Crippen molar-refractivity contribution in [2.24, 2.45) is 5.92 Å². The zero-order valence-corrected chi connectivity index (χ0v) is 18.0. The molecule has 0 radical (unpaired) electrons. The third-order valence-corrected chi connectivity index (χ3v) is 6.89. The molecule has 0 aromatic heterocycles. The van der Waals surface area contributed by atoms with Crippen molar-refractivity contribution in [3.05, 3.63) is 0 Å². The van der Waals surface area contributed by atoms with Gasteiger partial charge in [0.15, 0.2) is 0 Å². The summed E-state index contributed by atoms with van der Waals surface area (Å²) in [4.78, 5) is 42.2. The van der Waals surface area contributed by atoms with E-state index < -0.39 is 0 Å². The number of nitrogens with one attached hydrogen (secondary N) is 1. The van der Waals surface area contributed by atoms with Crippen LogP contribution in [0.4, 0.5) is 0 Å². The second-order valence-corrected chi connectivity index (χ2v) is 9.05. The molecule has 7 heteroatoms. The largest absolute Gasteiger partial charge is 0.352 e. The number of nitrogens with zero attached hydrogens (tertiary/aromatic N) is 3. The molecule has 2 aliphatic heterocycles. The molecule has 2 saturated heterocycles. The lowest BCUT2D eigenvalue weighted by Gasteiger charge is -2.35. The van der Waals surface area contributed by atoms with Gasteiger partial charge in [-0.1, -0.05) is 32.1 Å². The smallest absolute Gasteiger partial charge is 0.234 e. The third-order valence-electron chi connectivity index (χ3n) is 6.89. The number of rotatable bonds is 6. The van der Waals surface area contributed by atoms with Gasteiger partial charge in [0, 0.05) is 58.7 Å². The fourth-order valence-corrected chi connectivity index (χ4v) is 4.93. The topological polar surface area (TPSA) is 73.0 Å². The van der Waals surface area contributed by atoms with Crippen LogP contribution in [0.3, 0.4) is 0 Å². The molecule has 7 nitrogen and oxygen atoms in total. The van der Waals surface area contributed by atoms with Gasteiger partial charge in [-0.05, 0) is 25.2 Å². The fraction of sp³-hybridized carbons (Fsp3) is 0.864. The highest BCUT2D eigenvalue weighted by Gasteiger charge is 2.25. The molecule has 0 aromatic carbocycles. The Kier molecular flexibility index (Phi) is 8.33. The Bertz CT molecular complexity index is 560. The van der Waals surface area contributed by atoms with Gasteiger partial charge in [0.2, 0.25) is 17.7 Å². The number of carbonyl (C=O) groups excluding carboxylic acids is 3. The van der Waals surface area contributed by atoms with Crippen LogP contribution in [0.1, 0.15) is 64.7 Å². The number of hydrogen-bond acceptors (Lipinski definition) is 4. The molecule has 3 rings (SSSR count). The van der Waals surface area contributed by atoms with Crippen molar-refractivity contribution >= 4 is 17.7 Å². The Morgan fingerprint density at radius 2 is 1.48 bits per heavy atom. The minimum atomic E-state index is 0.0587. The van der Waals surface area contributed by atoms with E-state index in [9.17, 15) is 14.4 Å². The highest BCUT2D eigenvalue weighted by atomic mass is 16.2. The average molecular weight is 407 g/mol. The molecule has 0 bridgehead atoms. The maximum absolute atomic E-state index is 12.5. The van der Waals surface area contributed by atoms with Crippen LogP contribution in [0.2, 0.25) is 0 Å². The van der Waals surface area contributed by atoms with Crippen LogP contribution in [-0.4, -0.2) is 84.3 Å². The van der Waals surface area contributed by atoms with E-state index in [-0.39, 0.29) is 23.8 Å². The number of piperidine rings is 1. The highest BCUT2D eigenvalue weighted by Crippen LogP contribution is 2.27. The molecule has 1 aliphatic carbocycles. The molecule has 1 N–H and O–H groups in total. The molecular formula is C22H38N4O3. The molecular weight excluding hydrogens is 368 g/mol. The van der Waals surface area contributed by atoms with Crippen LogP contribution in [0.5, 0.6) is 0 Å². The summed E-state index contributed by atoms with van der Waals surface area (Å²) in [5, 5.41) is 3.12. The summed E-state index contributed by atoms with van der Waals surface area (Å²) >= 11 is 0. The van der Waals surface area contributed by atoms with Crippen molar-refractivity contribution in [1.29, 1.82) is 0 Å². The summed E-state index contributed by atoms with van der Waals surface area (Å²) in [7, 11) is 0. The summed E-state index contributed by atoms with van der Waals surface area (Å²) < 4.78 is 0. The van der Waals surface area contributed by atoms with Gasteiger partial charge in [-0.25, -0.2) is 0 Å². The van der Waals surface area contributed by atoms with Crippen molar-refractivity contribution < 1.29 is 14.4 Å². The molecule has 29 heavy (non-hydrogen) atoms. The summed E-state index contributed by atoms with van der Waals surface area (Å²) in [5.74, 6) is 1.21. The van der Waals surface area contributed by atoms with Crippen LogP contribution in [-0.2, 0) is 14.4 Å². The molecule has 3 aliphatic rings. The zero-order chi connectivity index (χ0) is 20.6. The molecule has 164 valence electrons. The lowest BCUT2D eigenvalue weighted by molar-refractivity contribution is -0.133. The van der Waals surface area contributed by atoms with Gasteiger partial charge < -0.3 is 15.1 Å². The first-order valence-corrected chi connectivity index (χ1v) is 11.6. The molecule has 2 heterocycles. The summed E-state index contributed by atoms with van der Waals surface area (Å²) in [6.07, 6.45) is 9.99. The second kappa shape index (κ2) is 11.0. The van der Waals surface area contributed by atoms with Crippen LogP contribution in [0.25, 0.3) is 0 Å². The highest BCUT2D eigenvalue weighted by molar-refractivity contribution is 5.79. The summed E-state index contributed by atoms with van der Waals surface area (Å²) in [5.41, 5.74) is 0. The molecule has 0 spiro atoms. The summed E-state index contributed by atoms with van der Waals surface area (Å²) in [6.45, 7) is 6.44. The van der Waals surface area contributed by atoms with E-state index in [1.807, 2.05) is 9.80 Å². The number of piperazine rings is 1. The standard InChI is InChI=1S/C22H38N4O3/c1-18(27)25-11-9-20(10-12-25)23-21(28)17-24-13-15-26(16-14-24)22(29)8-7-19-5-3-2-4-6-19/h19-20H,2-17H2,1H3,(H,23,28). The quantitative estimate of drug-likeness (QED) is 0.728. The predicted octanol–water partition coefficient (Wildman–Crippen LogP) is 1.62. The van der Waals surface area contributed by atoms with E-state index in [2.05, 4.69) is 10.2 Å². The van der Waals surface area contributed by atoms with Gasteiger partial charge in [0.1, 0.15) is 0 Å². The van der Waals surface area contributed by atoms with E-state index in [0.29, 0.717) is 13.0 Å². The monoisotopic (exact) mass is 406 g/mol. The molecule has 3 amide bonds.